The van der Waals surface area contributed by atoms with E-state index in [1.165, 1.54) is 12.1 Å². The van der Waals surface area contributed by atoms with Crippen LogP contribution in [0.15, 0.2) is 48.5 Å². The SMILES string of the molecule is O=C(O)c1c2c(nc3ccccc13)/C(=C/c1ccc(OC(F)F)cc1)CCC2. The molecule has 1 aliphatic carbocycles. The van der Waals surface area contributed by atoms with Gasteiger partial charge < -0.3 is 9.84 Å². The number of carbonyl (C=O) groups is 1. The summed E-state index contributed by atoms with van der Waals surface area (Å²) in [5.41, 5.74) is 4.17. The van der Waals surface area contributed by atoms with E-state index in [4.69, 9.17) is 4.98 Å². The molecule has 0 saturated heterocycles. The average molecular weight is 381 g/mol. The first kappa shape index (κ1) is 18.1. The van der Waals surface area contributed by atoms with Crippen molar-refractivity contribution in [2.24, 2.45) is 0 Å². The Bertz CT molecular complexity index is 1080. The number of carboxylic acids is 1. The van der Waals surface area contributed by atoms with Crippen LogP contribution in [0.2, 0.25) is 0 Å². The normalized spacial score (nSPS) is 15.0. The number of aromatic nitrogens is 1. The highest BCUT2D eigenvalue weighted by atomic mass is 19.3. The number of hydrogen-bond donors (Lipinski definition) is 1. The molecule has 2 aromatic carbocycles. The molecule has 0 bridgehead atoms. The van der Waals surface area contributed by atoms with E-state index in [1.54, 1.807) is 18.2 Å². The predicted molar refractivity (Wildman–Crippen MR) is 103 cm³/mol. The summed E-state index contributed by atoms with van der Waals surface area (Å²) in [6.45, 7) is -2.86. The Kier molecular flexibility index (Phi) is 4.77. The van der Waals surface area contributed by atoms with Crippen LogP contribution >= 0.6 is 0 Å². The lowest BCUT2D eigenvalue weighted by Gasteiger charge is -2.21. The smallest absolute Gasteiger partial charge is 0.387 e. The van der Waals surface area contributed by atoms with Crippen molar-refractivity contribution in [1.82, 2.24) is 4.98 Å². The molecule has 0 spiro atoms. The quantitative estimate of drug-likeness (QED) is 0.656. The maximum Gasteiger partial charge on any atom is 0.387 e. The Morgan fingerprint density at radius 2 is 1.86 bits per heavy atom. The lowest BCUT2D eigenvalue weighted by molar-refractivity contribution is -0.0498. The van der Waals surface area contributed by atoms with Gasteiger partial charge in [0.25, 0.3) is 0 Å². The van der Waals surface area contributed by atoms with Gasteiger partial charge >= 0.3 is 12.6 Å². The summed E-state index contributed by atoms with van der Waals surface area (Å²) in [6.07, 6.45) is 4.18. The first-order valence-corrected chi connectivity index (χ1v) is 8.93. The molecule has 1 N–H and O–H groups in total. The third-order valence-corrected chi connectivity index (χ3v) is 4.83. The monoisotopic (exact) mass is 381 g/mol. The van der Waals surface area contributed by atoms with Gasteiger partial charge in [-0.3, -0.25) is 0 Å². The van der Waals surface area contributed by atoms with Crippen LogP contribution in [0, 0.1) is 0 Å². The number of aromatic carboxylic acids is 1. The molecule has 1 aliphatic rings. The number of alkyl halides is 2. The van der Waals surface area contributed by atoms with Crippen LogP contribution in [0.4, 0.5) is 8.78 Å². The number of rotatable bonds is 4. The Labute approximate surface area is 160 Å². The van der Waals surface area contributed by atoms with E-state index in [1.807, 2.05) is 24.3 Å². The molecule has 1 heterocycles. The molecule has 0 amide bonds. The molecular weight excluding hydrogens is 364 g/mol. The van der Waals surface area contributed by atoms with Gasteiger partial charge in [-0.25, -0.2) is 9.78 Å². The van der Waals surface area contributed by atoms with Gasteiger partial charge in [0.2, 0.25) is 0 Å². The summed E-state index contributed by atoms with van der Waals surface area (Å²) in [5, 5.41) is 10.4. The van der Waals surface area contributed by atoms with E-state index in [0.717, 1.165) is 29.5 Å². The second-order valence-electron chi connectivity index (χ2n) is 6.61. The van der Waals surface area contributed by atoms with Crippen molar-refractivity contribution in [2.45, 2.75) is 25.9 Å². The largest absolute Gasteiger partial charge is 0.478 e. The van der Waals surface area contributed by atoms with Crippen LogP contribution in [-0.2, 0) is 6.42 Å². The summed E-state index contributed by atoms with van der Waals surface area (Å²) in [7, 11) is 0. The molecular formula is C22H17F2NO3. The molecule has 6 heteroatoms. The number of carboxylic acid groups (broad SMARTS) is 1. The molecule has 4 nitrogen and oxygen atoms in total. The van der Waals surface area contributed by atoms with Crippen molar-refractivity contribution in [1.29, 1.82) is 0 Å². The Morgan fingerprint density at radius 1 is 1.11 bits per heavy atom. The number of ether oxygens (including phenoxy) is 1. The van der Waals surface area contributed by atoms with Gasteiger partial charge in [-0.05, 0) is 60.2 Å². The number of halogens is 2. The van der Waals surface area contributed by atoms with Crippen LogP contribution in [-0.4, -0.2) is 22.7 Å². The number of pyridine rings is 1. The van der Waals surface area contributed by atoms with E-state index >= 15 is 0 Å². The summed E-state index contributed by atoms with van der Waals surface area (Å²) in [5.74, 6) is -0.858. The Balaban J connectivity index is 1.80. The predicted octanol–water partition coefficient (Wildman–Crippen LogP) is 5.41. The first-order chi connectivity index (χ1) is 13.5. The van der Waals surface area contributed by atoms with Gasteiger partial charge in [-0.15, -0.1) is 0 Å². The molecule has 0 saturated carbocycles. The van der Waals surface area contributed by atoms with Crippen molar-refractivity contribution in [3.63, 3.8) is 0 Å². The number of para-hydroxylation sites is 1. The minimum absolute atomic E-state index is 0.0958. The van der Waals surface area contributed by atoms with Crippen LogP contribution in [0.1, 0.15) is 40.0 Å². The van der Waals surface area contributed by atoms with Gasteiger partial charge in [-0.1, -0.05) is 30.3 Å². The van der Waals surface area contributed by atoms with Gasteiger partial charge in [0, 0.05) is 5.39 Å². The van der Waals surface area contributed by atoms with Gasteiger partial charge in [-0.2, -0.15) is 8.78 Å². The van der Waals surface area contributed by atoms with Crippen molar-refractivity contribution in [2.75, 3.05) is 0 Å². The van der Waals surface area contributed by atoms with Gasteiger partial charge in [0.1, 0.15) is 5.75 Å². The number of nitrogens with zero attached hydrogens (tertiary/aromatic N) is 1. The second-order valence-corrected chi connectivity index (χ2v) is 6.61. The molecule has 3 aromatic rings. The fraction of sp³-hybridized carbons (Fsp3) is 0.182. The lowest BCUT2D eigenvalue weighted by Crippen LogP contribution is -2.13. The topological polar surface area (TPSA) is 59.4 Å². The highest BCUT2D eigenvalue weighted by molar-refractivity contribution is 6.05. The Morgan fingerprint density at radius 3 is 2.57 bits per heavy atom. The number of hydrogen-bond acceptors (Lipinski definition) is 3. The van der Waals surface area contributed by atoms with Crippen LogP contribution in [0.3, 0.4) is 0 Å². The molecule has 142 valence electrons. The molecule has 4 rings (SSSR count). The van der Waals surface area contributed by atoms with Gasteiger partial charge in [0.15, 0.2) is 0 Å². The fourth-order valence-electron chi connectivity index (χ4n) is 3.67. The third-order valence-electron chi connectivity index (χ3n) is 4.83. The third kappa shape index (κ3) is 3.45. The van der Waals surface area contributed by atoms with E-state index < -0.39 is 12.6 Å². The summed E-state index contributed by atoms with van der Waals surface area (Å²) >= 11 is 0. The van der Waals surface area contributed by atoms with Crippen LogP contribution in [0.25, 0.3) is 22.6 Å². The first-order valence-electron chi connectivity index (χ1n) is 8.93. The van der Waals surface area contributed by atoms with Gasteiger partial charge in [0.05, 0.1) is 16.8 Å². The maximum atomic E-state index is 12.3. The maximum absolute atomic E-state index is 12.3. The van der Waals surface area contributed by atoms with E-state index in [9.17, 15) is 18.7 Å². The van der Waals surface area contributed by atoms with E-state index in [2.05, 4.69) is 4.74 Å². The Hall–Kier alpha value is -3.28. The molecule has 0 atom stereocenters. The highest BCUT2D eigenvalue weighted by Gasteiger charge is 2.24. The van der Waals surface area contributed by atoms with Crippen molar-refractivity contribution in [3.05, 3.63) is 70.9 Å². The molecule has 0 radical (unpaired) electrons. The number of benzene rings is 2. The number of allylic oxidation sites excluding steroid dienone is 1. The zero-order chi connectivity index (χ0) is 19.7. The lowest BCUT2D eigenvalue weighted by atomic mass is 9.86. The molecule has 28 heavy (non-hydrogen) atoms. The van der Waals surface area contributed by atoms with Crippen molar-refractivity contribution >= 4 is 28.5 Å². The highest BCUT2D eigenvalue weighted by Crippen LogP contribution is 2.36. The van der Waals surface area contributed by atoms with E-state index in [0.29, 0.717) is 28.6 Å². The van der Waals surface area contributed by atoms with Crippen LogP contribution < -0.4 is 4.74 Å². The fourth-order valence-corrected chi connectivity index (χ4v) is 3.67. The molecule has 0 fully saturated rings. The minimum Gasteiger partial charge on any atom is -0.478 e. The average Bonchev–Trinajstić information content (AvgIpc) is 2.67. The van der Waals surface area contributed by atoms with E-state index in [-0.39, 0.29) is 5.75 Å². The summed E-state index contributed by atoms with van der Waals surface area (Å²) < 4.78 is 29.0. The van der Waals surface area contributed by atoms with Crippen molar-refractivity contribution < 1.29 is 23.4 Å². The molecule has 1 aromatic heterocycles. The summed E-state index contributed by atoms with van der Waals surface area (Å²) in [4.78, 5) is 16.7. The molecule has 0 unspecified atom stereocenters. The van der Waals surface area contributed by atoms with Crippen molar-refractivity contribution in [3.8, 4) is 5.75 Å². The molecule has 0 aliphatic heterocycles. The second kappa shape index (κ2) is 7.38. The zero-order valence-corrected chi connectivity index (χ0v) is 14.9. The standard InChI is InChI=1S/C22H17F2NO3/c23-22(24)28-15-10-8-13(9-11-15)12-14-4-3-6-17-19(21(26)27)16-5-1-2-7-18(16)25-20(14)17/h1-2,5,7-12,22H,3-4,6H2,(H,26,27)/b14-12+. The van der Waals surface area contributed by atoms with Crippen LogP contribution in [0.5, 0.6) is 5.75 Å². The number of fused-ring (bicyclic) bond motifs is 2. The summed E-state index contributed by atoms with van der Waals surface area (Å²) in [6, 6.07) is 13.6. The zero-order valence-electron chi connectivity index (χ0n) is 14.9. The minimum atomic E-state index is -2.86.